The van der Waals surface area contributed by atoms with E-state index in [-0.39, 0.29) is 18.3 Å². The number of piperidine rings is 1. The topological polar surface area (TPSA) is 50.8 Å². The maximum absolute atomic E-state index is 13.1. The fourth-order valence-electron chi connectivity index (χ4n) is 3.23. The summed E-state index contributed by atoms with van der Waals surface area (Å²) in [5.41, 5.74) is 0.579. The van der Waals surface area contributed by atoms with Crippen molar-refractivity contribution in [3.05, 3.63) is 54.1 Å². The van der Waals surface area contributed by atoms with Gasteiger partial charge in [-0.1, -0.05) is 24.3 Å². The Hall–Kier alpha value is -2.24. The summed E-state index contributed by atoms with van der Waals surface area (Å²) in [5.74, 6) is 1.84. The fourth-order valence-corrected chi connectivity index (χ4v) is 3.23. The van der Waals surface area contributed by atoms with Crippen LogP contribution < -0.4 is 14.8 Å². The predicted octanol–water partition coefficient (Wildman–Crippen LogP) is 4.12. The van der Waals surface area contributed by atoms with E-state index in [1.807, 2.05) is 67.4 Å². The smallest absolute Gasteiger partial charge is 0.257 e. The molecular weight excluding hydrogens is 364 g/mol. The quantitative estimate of drug-likeness (QED) is 0.805. The minimum atomic E-state index is 0. The highest BCUT2D eigenvalue weighted by Crippen LogP contribution is 2.33. The summed E-state index contributed by atoms with van der Waals surface area (Å²) in [6.45, 7) is 3.99. The van der Waals surface area contributed by atoms with Gasteiger partial charge in [0.15, 0.2) is 11.5 Å². The molecule has 146 valence electrons. The van der Waals surface area contributed by atoms with Crippen LogP contribution in [-0.4, -0.2) is 43.6 Å². The van der Waals surface area contributed by atoms with E-state index in [0.29, 0.717) is 35.5 Å². The molecule has 2 aromatic rings. The molecule has 1 unspecified atom stereocenters. The van der Waals surface area contributed by atoms with Crippen LogP contribution in [0.5, 0.6) is 17.2 Å². The highest BCUT2D eigenvalue weighted by atomic mass is 35.5. The van der Waals surface area contributed by atoms with Crippen molar-refractivity contribution in [2.45, 2.75) is 25.8 Å². The van der Waals surface area contributed by atoms with Crippen LogP contribution in [0.1, 0.15) is 30.1 Å². The van der Waals surface area contributed by atoms with E-state index in [9.17, 15) is 4.79 Å². The van der Waals surface area contributed by atoms with Gasteiger partial charge in [-0.25, -0.2) is 0 Å². The number of benzene rings is 2. The van der Waals surface area contributed by atoms with Crippen LogP contribution in [0.2, 0.25) is 0 Å². The number of carbonyl (C=O) groups excluding carboxylic acids is 1. The van der Waals surface area contributed by atoms with Crippen LogP contribution in [0.15, 0.2) is 48.5 Å². The summed E-state index contributed by atoms with van der Waals surface area (Å²) in [6, 6.07) is 15.3. The SMILES string of the molecule is CCOc1ccccc1Oc1ccccc1C(=O)N1CCCC(NC)C1.Cl. The summed E-state index contributed by atoms with van der Waals surface area (Å²) in [7, 11) is 1.94. The first kappa shape index (κ1) is 21.1. The molecular formula is C21H27ClN2O3. The third-order valence-corrected chi connectivity index (χ3v) is 4.60. The molecule has 1 heterocycles. The van der Waals surface area contributed by atoms with Crippen molar-refractivity contribution in [2.75, 3.05) is 26.7 Å². The minimum Gasteiger partial charge on any atom is -0.490 e. The summed E-state index contributed by atoms with van der Waals surface area (Å²) >= 11 is 0. The molecule has 1 fully saturated rings. The Morgan fingerprint density at radius 3 is 2.48 bits per heavy atom. The van der Waals surface area contributed by atoms with Crippen molar-refractivity contribution in [1.82, 2.24) is 10.2 Å². The number of rotatable bonds is 6. The number of likely N-dealkylation sites (tertiary alicyclic amines) is 1. The molecule has 1 N–H and O–H groups in total. The zero-order valence-electron chi connectivity index (χ0n) is 15.8. The summed E-state index contributed by atoms with van der Waals surface area (Å²) in [6.07, 6.45) is 2.10. The molecule has 0 spiro atoms. The summed E-state index contributed by atoms with van der Waals surface area (Å²) in [4.78, 5) is 15.0. The van der Waals surface area contributed by atoms with Crippen molar-refractivity contribution in [1.29, 1.82) is 0 Å². The minimum absolute atomic E-state index is 0. The lowest BCUT2D eigenvalue weighted by atomic mass is 10.0. The lowest BCUT2D eigenvalue weighted by Crippen LogP contribution is -2.47. The molecule has 1 amide bonds. The first-order chi connectivity index (χ1) is 12.7. The second-order valence-corrected chi connectivity index (χ2v) is 6.36. The zero-order valence-corrected chi connectivity index (χ0v) is 16.6. The second kappa shape index (κ2) is 10.2. The van der Waals surface area contributed by atoms with Crippen molar-refractivity contribution >= 4 is 18.3 Å². The number of likely N-dealkylation sites (N-methyl/N-ethyl adjacent to an activating group) is 1. The number of para-hydroxylation sites is 3. The Bertz CT molecular complexity index is 754. The van der Waals surface area contributed by atoms with Gasteiger partial charge in [-0.2, -0.15) is 0 Å². The number of ether oxygens (including phenoxy) is 2. The first-order valence-electron chi connectivity index (χ1n) is 9.18. The van der Waals surface area contributed by atoms with Crippen LogP contribution in [0.25, 0.3) is 0 Å². The molecule has 27 heavy (non-hydrogen) atoms. The van der Waals surface area contributed by atoms with Crippen LogP contribution in [0.4, 0.5) is 0 Å². The van der Waals surface area contributed by atoms with E-state index in [1.165, 1.54) is 0 Å². The average molecular weight is 391 g/mol. The molecule has 1 atom stereocenters. The average Bonchev–Trinajstić information content (AvgIpc) is 2.69. The standard InChI is InChI=1S/C21H26N2O3.ClH/c1-3-25-19-12-6-7-13-20(19)26-18-11-5-4-10-17(18)21(24)23-14-8-9-16(15-23)22-2;/h4-7,10-13,16,22H,3,8-9,14-15H2,1-2H3;1H. The van der Waals surface area contributed by atoms with Crippen molar-refractivity contribution < 1.29 is 14.3 Å². The molecule has 3 rings (SSSR count). The van der Waals surface area contributed by atoms with E-state index >= 15 is 0 Å². The third-order valence-electron chi connectivity index (χ3n) is 4.60. The Morgan fingerprint density at radius 1 is 1.11 bits per heavy atom. The van der Waals surface area contributed by atoms with Crippen LogP contribution in [0, 0.1) is 0 Å². The Balaban J connectivity index is 0.00000261. The molecule has 1 aliphatic rings. The van der Waals surface area contributed by atoms with Gasteiger partial charge in [0.2, 0.25) is 0 Å². The van der Waals surface area contributed by atoms with Crippen molar-refractivity contribution in [3.63, 3.8) is 0 Å². The van der Waals surface area contributed by atoms with Gasteiger partial charge in [0, 0.05) is 19.1 Å². The van der Waals surface area contributed by atoms with Crippen molar-refractivity contribution in [3.8, 4) is 17.2 Å². The Kier molecular flexibility index (Phi) is 7.95. The van der Waals surface area contributed by atoms with E-state index in [0.717, 1.165) is 25.9 Å². The first-order valence-corrected chi connectivity index (χ1v) is 9.18. The molecule has 1 saturated heterocycles. The molecule has 0 bridgehead atoms. The van der Waals surface area contributed by atoms with Gasteiger partial charge in [0.05, 0.1) is 12.2 Å². The maximum Gasteiger partial charge on any atom is 0.257 e. The Morgan fingerprint density at radius 2 is 1.78 bits per heavy atom. The van der Waals surface area contributed by atoms with E-state index in [4.69, 9.17) is 9.47 Å². The normalized spacial score (nSPS) is 16.4. The van der Waals surface area contributed by atoms with Gasteiger partial charge in [-0.15, -0.1) is 12.4 Å². The number of nitrogens with zero attached hydrogens (tertiary/aromatic N) is 1. The lowest BCUT2D eigenvalue weighted by Gasteiger charge is -2.33. The summed E-state index contributed by atoms with van der Waals surface area (Å²) in [5, 5.41) is 3.27. The van der Waals surface area contributed by atoms with E-state index in [1.54, 1.807) is 0 Å². The van der Waals surface area contributed by atoms with Gasteiger partial charge < -0.3 is 19.7 Å². The molecule has 2 aromatic carbocycles. The van der Waals surface area contributed by atoms with Gasteiger partial charge in [-0.05, 0) is 51.1 Å². The number of carbonyl (C=O) groups is 1. The van der Waals surface area contributed by atoms with Crippen molar-refractivity contribution in [2.24, 2.45) is 0 Å². The monoisotopic (exact) mass is 390 g/mol. The lowest BCUT2D eigenvalue weighted by molar-refractivity contribution is 0.0695. The number of halogens is 1. The molecule has 0 aliphatic carbocycles. The number of nitrogens with one attached hydrogen (secondary N) is 1. The molecule has 0 radical (unpaired) electrons. The molecule has 0 saturated carbocycles. The van der Waals surface area contributed by atoms with Gasteiger partial charge in [0.25, 0.3) is 5.91 Å². The maximum atomic E-state index is 13.1. The number of hydrogen-bond acceptors (Lipinski definition) is 4. The van der Waals surface area contributed by atoms with E-state index in [2.05, 4.69) is 5.32 Å². The molecule has 1 aliphatic heterocycles. The van der Waals surface area contributed by atoms with Crippen LogP contribution >= 0.6 is 12.4 Å². The zero-order chi connectivity index (χ0) is 18.4. The van der Waals surface area contributed by atoms with E-state index < -0.39 is 0 Å². The van der Waals surface area contributed by atoms with Gasteiger partial charge >= 0.3 is 0 Å². The fraction of sp³-hybridized carbons (Fsp3) is 0.381. The third kappa shape index (κ3) is 5.15. The Labute approximate surface area is 167 Å². The highest BCUT2D eigenvalue weighted by Gasteiger charge is 2.25. The molecule has 0 aromatic heterocycles. The predicted molar refractivity (Wildman–Crippen MR) is 109 cm³/mol. The number of amides is 1. The summed E-state index contributed by atoms with van der Waals surface area (Å²) < 4.78 is 11.7. The largest absolute Gasteiger partial charge is 0.490 e. The number of hydrogen-bond donors (Lipinski definition) is 1. The second-order valence-electron chi connectivity index (χ2n) is 6.36. The highest BCUT2D eigenvalue weighted by molar-refractivity contribution is 5.97. The van der Waals surface area contributed by atoms with Gasteiger partial charge in [0.1, 0.15) is 5.75 Å². The van der Waals surface area contributed by atoms with Crippen LogP contribution in [-0.2, 0) is 0 Å². The molecule has 6 heteroatoms. The molecule has 5 nitrogen and oxygen atoms in total. The van der Waals surface area contributed by atoms with Crippen LogP contribution in [0.3, 0.4) is 0 Å². The van der Waals surface area contributed by atoms with Gasteiger partial charge in [-0.3, -0.25) is 4.79 Å².